The van der Waals surface area contributed by atoms with Gasteiger partial charge in [0.05, 0.1) is 12.3 Å². The minimum Gasteiger partial charge on any atom is -0.493 e. The van der Waals surface area contributed by atoms with Crippen molar-refractivity contribution in [2.45, 2.75) is 46.8 Å². The van der Waals surface area contributed by atoms with Gasteiger partial charge in [0, 0.05) is 44.5 Å². The summed E-state index contributed by atoms with van der Waals surface area (Å²) in [6, 6.07) is 4.95. The Morgan fingerprint density at radius 2 is 2.03 bits per heavy atom. The zero-order chi connectivity index (χ0) is 22.1. The third kappa shape index (κ3) is 6.60. The lowest BCUT2D eigenvalue weighted by Gasteiger charge is -2.16. The molecular formula is C21H31F2N5O2. The largest absolute Gasteiger partial charge is 0.493 e. The first-order chi connectivity index (χ1) is 14.3. The summed E-state index contributed by atoms with van der Waals surface area (Å²) in [5.41, 5.74) is 3.94. The fourth-order valence-electron chi connectivity index (χ4n) is 3.08. The molecule has 0 saturated heterocycles. The summed E-state index contributed by atoms with van der Waals surface area (Å²) in [7, 11) is 3.59. The normalized spacial score (nSPS) is 11.7. The van der Waals surface area contributed by atoms with Gasteiger partial charge >= 0.3 is 6.61 Å². The number of alkyl halides is 2. The third-order valence-electron chi connectivity index (χ3n) is 4.72. The Bertz CT molecular complexity index is 852. The summed E-state index contributed by atoms with van der Waals surface area (Å²) in [5.74, 6) is 1.16. The van der Waals surface area contributed by atoms with Crippen molar-refractivity contribution in [2.24, 2.45) is 12.0 Å². The number of rotatable bonds is 10. The maximum atomic E-state index is 12.8. The van der Waals surface area contributed by atoms with Gasteiger partial charge in [-0.15, -0.1) is 0 Å². The van der Waals surface area contributed by atoms with E-state index in [0.717, 1.165) is 24.2 Å². The smallest absolute Gasteiger partial charge is 0.387 e. The predicted molar refractivity (Wildman–Crippen MR) is 113 cm³/mol. The lowest BCUT2D eigenvalue weighted by atomic mass is 10.1. The van der Waals surface area contributed by atoms with Crippen molar-refractivity contribution in [3.05, 3.63) is 40.7 Å². The van der Waals surface area contributed by atoms with Crippen molar-refractivity contribution < 1.29 is 18.3 Å². The quantitative estimate of drug-likeness (QED) is 0.453. The predicted octanol–water partition coefficient (Wildman–Crippen LogP) is 3.33. The van der Waals surface area contributed by atoms with Crippen LogP contribution < -0.4 is 20.1 Å². The zero-order valence-electron chi connectivity index (χ0n) is 18.3. The van der Waals surface area contributed by atoms with Gasteiger partial charge in [0.15, 0.2) is 5.96 Å². The van der Waals surface area contributed by atoms with Crippen LogP contribution in [0, 0.1) is 13.8 Å². The van der Waals surface area contributed by atoms with E-state index in [1.807, 2.05) is 32.5 Å². The highest BCUT2D eigenvalue weighted by Crippen LogP contribution is 2.26. The molecule has 0 aliphatic rings. The van der Waals surface area contributed by atoms with Gasteiger partial charge < -0.3 is 20.1 Å². The van der Waals surface area contributed by atoms with Gasteiger partial charge in [-0.25, -0.2) is 0 Å². The lowest BCUT2D eigenvalue weighted by molar-refractivity contribution is -0.0505. The summed E-state index contributed by atoms with van der Waals surface area (Å²) in [6.07, 6.45) is 1.63. The van der Waals surface area contributed by atoms with Crippen LogP contribution in [0.25, 0.3) is 0 Å². The topological polar surface area (TPSA) is 72.7 Å². The number of hydrogen-bond donors (Lipinski definition) is 2. The van der Waals surface area contributed by atoms with E-state index in [2.05, 4.69) is 25.5 Å². The molecule has 9 heteroatoms. The number of nitrogens with one attached hydrogen (secondary N) is 2. The van der Waals surface area contributed by atoms with Gasteiger partial charge in [0.1, 0.15) is 11.5 Å². The SMILES string of the molecule is CCCOc1ccc(CNC(=NC)NCCc2c(C)nn(C)c2C)c(OC(F)F)c1. The molecule has 0 fully saturated rings. The van der Waals surface area contributed by atoms with Crippen LogP contribution in [-0.2, 0) is 20.0 Å². The summed E-state index contributed by atoms with van der Waals surface area (Å²) in [4.78, 5) is 4.19. The Morgan fingerprint density at radius 1 is 1.27 bits per heavy atom. The van der Waals surface area contributed by atoms with Gasteiger partial charge in [0.2, 0.25) is 0 Å². The highest BCUT2D eigenvalue weighted by Gasteiger charge is 2.13. The molecule has 2 N–H and O–H groups in total. The van der Waals surface area contributed by atoms with Crippen molar-refractivity contribution >= 4 is 5.96 Å². The highest BCUT2D eigenvalue weighted by molar-refractivity contribution is 5.79. The maximum absolute atomic E-state index is 12.8. The summed E-state index contributed by atoms with van der Waals surface area (Å²) < 4.78 is 37.7. The molecule has 0 unspecified atom stereocenters. The molecule has 2 aromatic rings. The Kier molecular flexibility index (Phi) is 8.89. The van der Waals surface area contributed by atoms with Gasteiger partial charge in [-0.3, -0.25) is 9.67 Å². The van der Waals surface area contributed by atoms with Crippen LogP contribution in [0.4, 0.5) is 8.78 Å². The summed E-state index contributed by atoms with van der Waals surface area (Å²) in [5, 5.41) is 10.8. The van der Waals surface area contributed by atoms with Crippen LogP contribution in [0.1, 0.15) is 35.9 Å². The molecule has 30 heavy (non-hydrogen) atoms. The molecule has 1 heterocycles. The number of hydrogen-bond acceptors (Lipinski definition) is 4. The molecule has 1 aromatic carbocycles. The molecule has 0 atom stereocenters. The number of guanidine groups is 1. The minimum absolute atomic E-state index is 0.0863. The molecular weight excluding hydrogens is 392 g/mol. The molecule has 0 bridgehead atoms. The first kappa shape index (κ1) is 23.4. The molecule has 0 aliphatic heterocycles. The van der Waals surface area contributed by atoms with Gasteiger partial charge in [-0.2, -0.15) is 13.9 Å². The number of aliphatic imine (C=N–C) groups is 1. The molecule has 0 aliphatic carbocycles. The third-order valence-corrected chi connectivity index (χ3v) is 4.72. The molecule has 7 nitrogen and oxygen atoms in total. The van der Waals surface area contributed by atoms with Crippen LogP contribution in [0.2, 0.25) is 0 Å². The van der Waals surface area contributed by atoms with Crippen molar-refractivity contribution in [2.75, 3.05) is 20.2 Å². The molecule has 2 rings (SSSR count). The summed E-state index contributed by atoms with van der Waals surface area (Å²) >= 11 is 0. The Hall–Kier alpha value is -2.84. The van der Waals surface area contributed by atoms with Gasteiger partial charge in [-0.05, 0) is 44.4 Å². The first-order valence-corrected chi connectivity index (χ1v) is 9.99. The van der Waals surface area contributed by atoms with E-state index in [0.29, 0.717) is 30.4 Å². The second-order valence-electron chi connectivity index (χ2n) is 6.87. The number of benzene rings is 1. The lowest BCUT2D eigenvalue weighted by Crippen LogP contribution is -2.38. The number of aromatic nitrogens is 2. The molecule has 166 valence electrons. The highest BCUT2D eigenvalue weighted by atomic mass is 19.3. The Morgan fingerprint density at radius 3 is 2.63 bits per heavy atom. The maximum Gasteiger partial charge on any atom is 0.387 e. The fraction of sp³-hybridized carbons (Fsp3) is 0.524. The van der Waals surface area contributed by atoms with Crippen molar-refractivity contribution in [3.63, 3.8) is 0 Å². The van der Waals surface area contributed by atoms with E-state index in [9.17, 15) is 8.78 Å². The Balaban J connectivity index is 1.96. The van der Waals surface area contributed by atoms with E-state index in [1.165, 1.54) is 11.6 Å². The van der Waals surface area contributed by atoms with E-state index in [1.54, 1.807) is 19.2 Å². The molecule has 0 spiro atoms. The number of halogens is 2. The zero-order valence-corrected chi connectivity index (χ0v) is 18.3. The molecule has 0 amide bonds. The van der Waals surface area contributed by atoms with E-state index >= 15 is 0 Å². The number of aryl methyl sites for hydroxylation is 2. The second-order valence-corrected chi connectivity index (χ2v) is 6.87. The molecule has 0 radical (unpaired) electrons. The van der Waals surface area contributed by atoms with Crippen LogP contribution in [0.15, 0.2) is 23.2 Å². The minimum atomic E-state index is -2.91. The van der Waals surface area contributed by atoms with Gasteiger partial charge in [0.25, 0.3) is 0 Å². The van der Waals surface area contributed by atoms with Crippen molar-refractivity contribution in [1.29, 1.82) is 0 Å². The Labute approximate surface area is 176 Å². The molecule has 0 saturated carbocycles. The number of ether oxygens (including phenoxy) is 2. The van der Waals surface area contributed by atoms with Crippen LogP contribution in [0.3, 0.4) is 0 Å². The number of nitrogens with zero attached hydrogens (tertiary/aromatic N) is 3. The monoisotopic (exact) mass is 423 g/mol. The van der Waals surface area contributed by atoms with E-state index in [4.69, 9.17) is 4.74 Å². The van der Waals surface area contributed by atoms with Crippen molar-refractivity contribution in [1.82, 2.24) is 20.4 Å². The average molecular weight is 424 g/mol. The van der Waals surface area contributed by atoms with E-state index in [-0.39, 0.29) is 12.3 Å². The van der Waals surface area contributed by atoms with Crippen LogP contribution >= 0.6 is 0 Å². The summed E-state index contributed by atoms with van der Waals surface area (Å²) in [6.45, 7) is 4.56. The standard InChI is InChI=1S/C21H31F2N5O2/c1-6-11-29-17-8-7-16(19(12-17)30-20(22)23)13-26-21(24-4)25-10-9-18-14(2)27-28(5)15(18)3/h7-8,12,20H,6,9-11,13H2,1-5H3,(H2,24,25,26). The fourth-order valence-corrected chi connectivity index (χ4v) is 3.08. The van der Waals surface area contributed by atoms with E-state index < -0.39 is 6.61 Å². The average Bonchev–Trinajstić information content (AvgIpc) is 2.95. The van der Waals surface area contributed by atoms with Crippen LogP contribution in [-0.4, -0.2) is 42.6 Å². The second kappa shape index (κ2) is 11.4. The van der Waals surface area contributed by atoms with Crippen LogP contribution in [0.5, 0.6) is 11.5 Å². The van der Waals surface area contributed by atoms with Gasteiger partial charge in [-0.1, -0.05) is 6.92 Å². The van der Waals surface area contributed by atoms with Crippen molar-refractivity contribution in [3.8, 4) is 11.5 Å². The first-order valence-electron chi connectivity index (χ1n) is 9.99. The molecule has 1 aromatic heterocycles.